The van der Waals surface area contributed by atoms with E-state index in [9.17, 15) is 18.0 Å². The molecule has 18 heavy (non-hydrogen) atoms. The lowest BCUT2D eigenvalue weighted by molar-refractivity contribution is -0.137. The molecule has 1 aromatic rings. The second-order valence-corrected chi connectivity index (χ2v) is 3.23. The third-order valence-electron chi connectivity index (χ3n) is 2.03. The van der Waals surface area contributed by atoms with E-state index in [1.807, 2.05) is 0 Å². The minimum Gasteiger partial charge on any atom is -0.341 e. The number of hydrogen-bond donors (Lipinski definition) is 2. The number of carbonyl (C=O) groups is 1. The van der Waals surface area contributed by atoms with E-state index in [-0.39, 0.29) is 14.9 Å². The number of urea groups is 1. The highest BCUT2D eigenvalue weighted by molar-refractivity contribution is 5.89. The smallest absolute Gasteiger partial charge is 0.341 e. The quantitative estimate of drug-likeness (QED) is 0.789. The van der Waals surface area contributed by atoms with Crippen LogP contribution in [0.1, 0.15) is 26.0 Å². The lowest BCUT2D eigenvalue weighted by Gasteiger charge is -2.11. The molecule has 2 N–H and O–H groups in total. The highest BCUT2D eigenvalue weighted by atomic mass is 19.4. The summed E-state index contributed by atoms with van der Waals surface area (Å²) in [5.41, 5.74) is -0.0155. The Kier molecular flexibility index (Phi) is 7.13. The van der Waals surface area contributed by atoms with Gasteiger partial charge in [0.2, 0.25) is 0 Å². The number of amides is 2. The molecular formula is C12H19F3N2O. The Balaban J connectivity index is 0. The van der Waals surface area contributed by atoms with Crippen molar-refractivity contribution in [2.75, 3.05) is 12.4 Å². The van der Waals surface area contributed by atoms with E-state index in [0.717, 1.165) is 12.1 Å². The van der Waals surface area contributed by atoms with Crippen LogP contribution in [0, 0.1) is 6.92 Å². The van der Waals surface area contributed by atoms with E-state index in [1.165, 1.54) is 20.0 Å². The molecular weight excluding hydrogens is 245 g/mol. The normalized spacial score (nSPS) is 9.83. The summed E-state index contributed by atoms with van der Waals surface area (Å²) in [5, 5.41) is 4.73. The first-order chi connectivity index (χ1) is 7.34. The van der Waals surface area contributed by atoms with Crippen LogP contribution in [0.25, 0.3) is 0 Å². The van der Waals surface area contributed by atoms with Crippen LogP contribution in [0.5, 0.6) is 0 Å². The maximum atomic E-state index is 12.3. The first kappa shape index (κ1) is 18.6. The van der Waals surface area contributed by atoms with Gasteiger partial charge in [0.05, 0.1) is 5.56 Å². The number of rotatable bonds is 1. The molecule has 0 saturated heterocycles. The number of hydrogen-bond acceptors (Lipinski definition) is 1. The second kappa shape index (κ2) is 6.88. The van der Waals surface area contributed by atoms with Crippen LogP contribution in [-0.4, -0.2) is 13.1 Å². The molecule has 0 aliphatic heterocycles. The van der Waals surface area contributed by atoms with Gasteiger partial charge in [-0.2, -0.15) is 13.2 Å². The Bertz CT molecular complexity index is 403. The maximum absolute atomic E-state index is 12.3. The summed E-state index contributed by atoms with van der Waals surface area (Å²) in [4.78, 5) is 11.0. The first-order valence-electron chi connectivity index (χ1n) is 4.51. The number of alkyl halides is 3. The van der Waals surface area contributed by atoms with E-state index < -0.39 is 17.8 Å². The van der Waals surface area contributed by atoms with Gasteiger partial charge < -0.3 is 10.6 Å². The molecule has 1 aromatic carbocycles. The van der Waals surface area contributed by atoms with Crippen LogP contribution in [0.4, 0.5) is 23.7 Å². The SMILES string of the molecule is C.C.CNC(=O)Nc1ccc(C(F)(F)F)cc1C. The first-order valence-corrected chi connectivity index (χ1v) is 4.51. The summed E-state index contributed by atoms with van der Waals surface area (Å²) in [6, 6.07) is 2.68. The van der Waals surface area contributed by atoms with Crippen LogP contribution < -0.4 is 10.6 Å². The van der Waals surface area contributed by atoms with Gasteiger partial charge in [-0.1, -0.05) is 14.9 Å². The van der Waals surface area contributed by atoms with Crippen LogP contribution in [0.3, 0.4) is 0 Å². The van der Waals surface area contributed by atoms with Crippen molar-refractivity contribution >= 4 is 11.7 Å². The fourth-order valence-corrected chi connectivity index (χ4v) is 1.17. The molecule has 0 aromatic heterocycles. The summed E-state index contributed by atoms with van der Waals surface area (Å²) >= 11 is 0. The van der Waals surface area contributed by atoms with E-state index >= 15 is 0 Å². The molecule has 0 saturated carbocycles. The molecule has 0 aliphatic rings. The van der Waals surface area contributed by atoms with Crippen molar-refractivity contribution in [2.45, 2.75) is 28.0 Å². The van der Waals surface area contributed by atoms with Gasteiger partial charge in [0.1, 0.15) is 0 Å². The monoisotopic (exact) mass is 264 g/mol. The summed E-state index contributed by atoms with van der Waals surface area (Å²) in [6.07, 6.45) is -4.36. The average Bonchev–Trinajstić information content (AvgIpc) is 2.19. The van der Waals surface area contributed by atoms with Gasteiger partial charge in [-0.3, -0.25) is 0 Å². The Morgan fingerprint density at radius 3 is 2.17 bits per heavy atom. The summed E-state index contributed by atoms with van der Waals surface area (Å²) in [7, 11) is 1.43. The lowest BCUT2D eigenvalue weighted by Crippen LogP contribution is -2.24. The summed E-state index contributed by atoms with van der Waals surface area (Å²) < 4.78 is 37.0. The molecule has 1 rings (SSSR count). The minimum atomic E-state index is -4.36. The number of aryl methyl sites for hydroxylation is 1. The molecule has 0 spiro atoms. The standard InChI is InChI=1S/C10H11F3N2O.2CH4/c1-6-5-7(10(11,12)13)3-4-8(6)15-9(16)14-2;;/h3-5H,1-2H3,(H2,14,15,16);2*1H4. The molecule has 0 radical (unpaired) electrons. The predicted molar refractivity (Wildman–Crippen MR) is 67.7 cm³/mol. The summed E-state index contributed by atoms with van der Waals surface area (Å²) in [5.74, 6) is 0. The molecule has 0 fully saturated rings. The Morgan fingerprint density at radius 2 is 1.78 bits per heavy atom. The molecule has 0 bridgehead atoms. The largest absolute Gasteiger partial charge is 0.416 e. The Hall–Kier alpha value is -1.72. The van der Waals surface area contributed by atoms with E-state index in [1.54, 1.807) is 0 Å². The van der Waals surface area contributed by atoms with Gasteiger partial charge in [0, 0.05) is 12.7 Å². The molecule has 0 aliphatic carbocycles. The molecule has 0 heterocycles. The fraction of sp³-hybridized carbons (Fsp3) is 0.417. The summed E-state index contributed by atoms with van der Waals surface area (Å²) in [6.45, 7) is 1.50. The van der Waals surface area contributed by atoms with Crippen molar-refractivity contribution in [1.82, 2.24) is 5.32 Å². The second-order valence-electron chi connectivity index (χ2n) is 3.23. The van der Waals surface area contributed by atoms with Gasteiger partial charge in [-0.25, -0.2) is 4.79 Å². The third kappa shape index (κ3) is 4.65. The third-order valence-corrected chi connectivity index (χ3v) is 2.03. The highest BCUT2D eigenvalue weighted by Gasteiger charge is 2.30. The zero-order valence-electron chi connectivity index (χ0n) is 8.77. The van der Waals surface area contributed by atoms with Crippen molar-refractivity contribution in [1.29, 1.82) is 0 Å². The average molecular weight is 264 g/mol. The van der Waals surface area contributed by atoms with Crippen molar-refractivity contribution < 1.29 is 18.0 Å². The Morgan fingerprint density at radius 1 is 1.22 bits per heavy atom. The fourth-order valence-electron chi connectivity index (χ4n) is 1.17. The van der Waals surface area contributed by atoms with Crippen molar-refractivity contribution in [3.8, 4) is 0 Å². The van der Waals surface area contributed by atoms with E-state index in [0.29, 0.717) is 11.3 Å². The van der Waals surface area contributed by atoms with Gasteiger partial charge >= 0.3 is 12.2 Å². The molecule has 0 atom stereocenters. The molecule has 6 heteroatoms. The van der Waals surface area contributed by atoms with Crippen molar-refractivity contribution in [3.05, 3.63) is 29.3 Å². The molecule has 2 amide bonds. The van der Waals surface area contributed by atoms with E-state index in [4.69, 9.17) is 0 Å². The van der Waals surface area contributed by atoms with Crippen LogP contribution in [0.2, 0.25) is 0 Å². The predicted octanol–water partition coefficient (Wildman–Crippen LogP) is 4.04. The Labute approximate surface area is 105 Å². The van der Waals surface area contributed by atoms with Crippen LogP contribution in [0.15, 0.2) is 18.2 Å². The number of nitrogens with one attached hydrogen (secondary N) is 2. The topological polar surface area (TPSA) is 41.1 Å². The van der Waals surface area contributed by atoms with Gasteiger partial charge in [-0.15, -0.1) is 0 Å². The van der Waals surface area contributed by atoms with Gasteiger partial charge in [0.25, 0.3) is 0 Å². The van der Waals surface area contributed by atoms with Crippen molar-refractivity contribution in [3.63, 3.8) is 0 Å². The molecule has 3 nitrogen and oxygen atoms in total. The van der Waals surface area contributed by atoms with Crippen LogP contribution in [-0.2, 0) is 6.18 Å². The number of benzene rings is 1. The zero-order valence-corrected chi connectivity index (χ0v) is 8.77. The maximum Gasteiger partial charge on any atom is 0.416 e. The van der Waals surface area contributed by atoms with E-state index in [2.05, 4.69) is 10.6 Å². The minimum absolute atomic E-state index is 0. The number of halogens is 3. The lowest BCUT2D eigenvalue weighted by atomic mass is 10.1. The van der Waals surface area contributed by atoms with Crippen LogP contribution >= 0.6 is 0 Å². The zero-order chi connectivity index (χ0) is 12.3. The van der Waals surface area contributed by atoms with Crippen molar-refractivity contribution in [2.24, 2.45) is 0 Å². The molecule has 0 unspecified atom stereocenters. The molecule has 104 valence electrons. The van der Waals surface area contributed by atoms with Gasteiger partial charge in [0.15, 0.2) is 0 Å². The number of anilines is 1. The number of carbonyl (C=O) groups excluding carboxylic acids is 1. The highest BCUT2D eigenvalue weighted by Crippen LogP contribution is 2.31. The van der Waals surface area contributed by atoms with Gasteiger partial charge in [-0.05, 0) is 30.7 Å².